The third-order valence-electron chi connectivity index (χ3n) is 3.98. The number of fused-ring (bicyclic) bond motifs is 3. The second kappa shape index (κ2) is 5.11. The number of nitrogens with zero attached hydrogens (tertiary/aromatic N) is 1. The predicted octanol–water partition coefficient (Wildman–Crippen LogP) is 3.90. The normalized spacial score (nSPS) is 18.7. The number of aryl methyl sites for hydroxylation is 1. The van der Waals surface area contributed by atoms with Crippen LogP contribution >= 0.6 is 23.6 Å². The zero-order valence-corrected chi connectivity index (χ0v) is 13.8. The molecule has 5 heteroatoms. The number of thiophene rings is 1. The highest BCUT2D eigenvalue weighted by Gasteiger charge is 2.23. The number of aromatic amines is 1. The second-order valence-electron chi connectivity index (χ2n) is 6.30. The molecule has 2 aromatic rings. The van der Waals surface area contributed by atoms with E-state index in [4.69, 9.17) is 12.2 Å². The van der Waals surface area contributed by atoms with Crippen LogP contribution in [0.2, 0.25) is 0 Å². The van der Waals surface area contributed by atoms with Gasteiger partial charge < -0.3 is 4.98 Å². The first kappa shape index (κ1) is 14.0. The summed E-state index contributed by atoms with van der Waals surface area (Å²) in [5, 5.41) is 0.895. The summed E-state index contributed by atoms with van der Waals surface area (Å²) in [5.41, 5.74) is 1.38. The number of hydrogen-bond donors (Lipinski definition) is 1. The SMILES string of the molecule is CC(C)Cn1c(=S)[nH]c2sc3c(c2c1=O)CCC(C)C3. The molecule has 20 heavy (non-hydrogen) atoms. The standard InChI is InChI=1S/C15H20N2OS2/c1-8(2)7-17-14(18)12-10-5-4-9(3)6-11(10)20-13(12)16-15(17)19/h8-9H,4-7H2,1-3H3,(H,16,19). The molecule has 2 heterocycles. The molecular weight excluding hydrogens is 288 g/mol. The minimum Gasteiger partial charge on any atom is -0.323 e. The second-order valence-corrected chi connectivity index (χ2v) is 7.79. The first-order valence-electron chi connectivity index (χ1n) is 7.24. The van der Waals surface area contributed by atoms with Gasteiger partial charge in [-0.3, -0.25) is 9.36 Å². The summed E-state index contributed by atoms with van der Waals surface area (Å²) < 4.78 is 2.29. The lowest BCUT2D eigenvalue weighted by Crippen LogP contribution is -2.25. The van der Waals surface area contributed by atoms with E-state index in [1.54, 1.807) is 15.9 Å². The first-order valence-corrected chi connectivity index (χ1v) is 8.47. The van der Waals surface area contributed by atoms with Crippen molar-refractivity contribution in [3.63, 3.8) is 0 Å². The number of hydrogen-bond acceptors (Lipinski definition) is 3. The van der Waals surface area contributed by atoms with Crippen LogP contribution in [0, 0.1) is 16.6 Å². The van der Waals surface area contributed by atoms with E-state index >= 15 is 0 Å². The summed E-state index contributed by atoms with van der Waals surface area (Å²) in [5.74, 6) is 1.13. The van der Waals surface area contributed by atoms with E-state index in [9.17, 15) is 4.79 Å². The monoisotopic (exact) mass is 308 g/mol. The van der Waals surface area contributed by atoms with Crippen LogP contribution in [0.5, 0.6) is 0 Å². The molecule has 1 unspecified atom stereocenters. The fourth-order valence-corrected chi connectivity index (χ4v) is 4.71. The van der Waals surface area contributed by atoms with Crippen LogP contribution in [-0.2, 0) is 19.4 Å². The van der Waals surface area contributed by atoms with Gasteiger partial charge in [0.05, 0.1) is 5.39 Å². The molecule has 0 aliphatic heterocycles. The Kier molecular flexibility index (Phi) is 3.58. The molecule has 1 aliphatic rings. The van der Waals surface area contributed by atoms with E-state index in [2.05, 4.69) is 25.8 Å². The molecule has 2 aromatic heterocycles. The van der Waals surface area contributed by atoms with Crippen molar-refractivity contribution in [3.8, 4) is 0 Å². The Bertz CT molecular complexity index is 766. The van der Waals surface area contributed by atoms with Gasteiger partial charge >= 0.3 is 0 Å². The van der Waals surface area contributed by atoms with Crippen molar-refractivity contribution in [2.75, 3.05) is 0 Å². The lowest BCUT2D eigenvalue weighted by Gasteiger charge is -2.17. The van der Waals surface area contributed by atoms with Crippen molar-refractivity contribution in [2.45, 2.75) is 46.6 Å². The zero-order chi connectivity index (χ0) is 14.4. The van der Waals surface area contributed by atoms with E-state index in [0.29, 0.717) is 17.2 Å². The fourth-order valence-electron chi connectivity index (χ4n) is 2.99. The molecule has 0 fully saturated rings. The van der Waals surface area contributed by atoms with Crippen molar-refractivity contribution in [1.29, 1.82) is 0 Å². The maximum atomic E-state index is 12.8. The number of nitrogens with one attached hydrogen (secondary N) is 1. The summed E-state index contributed by atoms with van der Waals surface area (Å²) >= 11 is 7.09. The van der Waals surface area contributed by atoms with Gasteiger partial charge in [0.1, 0.15) is 4.83 Å². The van der Waals surface area contributed by atoms with Crippen LogP contribution in [-0.4, -0.2) is 9.55 Å². The van der Waals surface area contributed by atoms with Crippen molar-refractivity contribution in [3.05, 3.63) is 25.6 Å². The van der Waals surface area contributed by atoms with Gasteiger partial charge in [0.25, 0.3) is 5.56 Å². The maximum Gasteiger partial charge on any atom is 0.263 e. The van der Waals surface area contributed by atoms with Gasteiger partial charge in [-0.05, 0) is 48.9 Å². The molecule has 0 amide bonds. The van der Waals surface area contributed by atoms with E-state index < -0.39 is 0 Å². The highest BCUT2D eigenvalue weighted by atomic mass is 32.1. The van der Waals surface area contributed by atoms with Gasteiger partial charge in [-0.2, -0.15) is 0 Å². The molecule has 3 rings (SSSR count). The molecule has 0 bridgehead atoms. The van der Waals surface area contributed by atoms with Gasteiger partial charge in [-0.15, -0.1) is 11.3 Å². The Morgan fingerprint density at radius 2 is 2.25 bits per heavy atom. The molecule has 1 aliphatic carbocycles. The Morgan fingerprint density at radius 3 is 2.95 bits per heavy atom. The van der Waals surface area contributed by atoms with Crippen LogP contribution in [0.3, 0.4) is 0 Å². The number of H-pyrrole nitrogens is 1. The minimum absolute atomic E-state index is 0.101. The average Bonchev–Trinajstić information content (AvgIpc) is 2.71. The van der Waals surface area contributed by atoms with E-state index in [0.717, 1.165) is 29.0 Å². The summed E-state index contributed by atoms with van der Waals surface area (Å²) in [4.78, 5) is 18.4. The van der Waals surface area contributed by atoms with Crippen LogP contribution < -0.4 is 5.56 Å². The van der Waals surface area contributed by atoms with Gasteiger partial charge in [0.15, 0.2) is 4.77 Å². The fraction of sp³-hybridized carbons (Fsp3) is 0.600. The highest BCUT2D eigenvalue weighted by Crippen LogP contribution is 2.35. The molecule has 3 nitrogen and oxygen atoms in total. The molecule has 0 saturated carbocycles. The Morgan fingerprint density at radius 1 is 1.50 bits per heavy atom. The molecule has 0 saturated heterocycles. The van der Waals surface area contributed by atoms with Crippen LogP contribution in [0.4, 0.5) is 0 Å². The van der Waals surface area contributed by atoms with Gasteiger partial charge in [-0.25, -0.2) is 0 Å². The average molecular weight is 308 g/mol. The molecular formula is C15H20N2OS2. The van der Waals surface area contributed by atoms with Crippen LogP contribution in [0.1, 0.15) is 37.6 Å². The molecule has 1 N–H and O–H groups in total. The summed E-state index contributed by atoms with van der Waals surface area (Å²) in [7, 11) is 0. The van der Waals surface area contributed by atoms with Crippen molar-refractivity contribution < 1.29 is 0 Å². The largest absolute Gasteiger partial charge is 0.323 e. The van der Waals surface area contributed by atoms with Crippen LogP contribution in [0.15, 0.2) is 4.79 Å². The van der Waals surface area contributed by atoms with Gasteiger partial charge in [-0.1, -0.05) is 20.8 Å². The van der Waals surface area contributed by atoms with Crippen LogP contribution in [0.25, 0.3) is 10.2 Å². The zero-order valence-electron chi connectivity index (χ0n) is 12.2. The topological polar surface area (TPSA) is 37.8 Å². The molecule has 0 radical (unpaired) electrons. The molecule has 0 spiro atoms. The summed E-state index contributed by atoms with van der Waals surface area (Å²) in [6.45, 7) is 7.18. The third-order valence-corrected chi connectivity index (χ3v) is 5.48. The summed E-state index contributed by atoms with van der Waals surface area (Å²) in [6.07, 6.45) is 3.30. The quantitative estimate of drug-likeness (QED) is 0.854. The van der Waals surface area contributed by atoms with Gasteiger partial charge in [0, 0.05) is 11.4 Å². The molecule has 108 valence electrons. The van der Waals surface area contributed by atoms with Crippen molar-refractivity contribution in [1.82, 2.24) is 9.55 Å². The number of aromatic nitrogens is 2. The molecule has 0 aromatic carbocycles. The Hall–Kier alpha value is -0.940. The first-order chi connectivity index (χ1) is 9.47. The van der Waals surface area contributed by atoms with Crippen molar-refractivity contribution in [2.24, 2.45) is 11.8 Å². The third kappa shape index (κ3) is 2.27. The van der Waals surface area contributed by atoms with E-state index in [1.165, 1.54) is 16.9 Å². The van der Waals surface area contributed by atoms with E-state index in [1.807, 2.05) is 0 Å². The van der Waals surface area contributed by atoms with Crippen molar-refractivity contribution >= 4 is 33.8 Å². The minimum atomic E-state index is 0.101. The number of rotatable bonds is 2. The lowest BCUT2D eigenvalue weighted by molar-refractivity contribution is 0.500. The predicted molar refractivity (Wildman–Crippen MR) is 87.3 cm³/mol. The Labute approximate surface area is 127 Å². The highest BCUT2D eigenvalue weighted by molar-refractivity contribution is 7.71. The maximum absolute atomic E-state index is 12.8. The van der Waals surface area contributed by atoms with Gasteiger partial charge in [0.2, 0.25) is 0 Å². The lowest BCUT2D eigenvalue weighted by atomic mass is 9.89. The Balaban J connectivity index is 2.26. The molecule has 1 atom stereocenters. The smallest absolute Gasteiger partial charge is 0.263 e. The summed E-state index contributed by atoms with van der Waals surface area (Å²) in [6, 6.07) is 0. The van der Waals surface area contributed by atoms with E-state index in [-0.39, 0.29) is 5.56 Å².